The first-order valence-corrected chi connectivity index (χ1v) is 10.6. The maximum absolute atomic E-state index is 12.5. The molecule has 11 nitrogen and oxygen atoms in total. The number of rotatable bonds is 9. The molecule has 0 aliphatic rings. The summed E-state index contributed by atoms with van der Waals surface area (Å²) in [6.45, 7) is 0. The van der Waals surface area contributed by atoms with Gasteiger partial charge in [0.2, 0.25) is 11.9 Å². The first kappa shape index (κ1) is 24.9. The molecule has 0 unspecified atom stereocenters. The van der Waals surface area contributed by atoms with E-state index >= 15 is 0 Å². The fraction of sp³-hybridized carbons (Fsp3) is 0.238. The van der Waals surface area contributed by atoms with Gasteiger partial charge in [-0.05, 0) is 17.7 Å². The lowest BCUT2D eigenvalue weighted by Crippen LogP contribution is -2.32. The number of pyridine rings is 1. The molecule has 0 fully saturated rings. The van der Waals surface area contributed by atoms with E-state index in [0.29, 0.717) is 17.2 Å². The van der Waals surface area contributed by atoms with E-state index in [0.717, 1.165) is 0 Å². The van der Waals surface area contributed by atoms with Crippen LogP contribution in [0.1, 0.15) is 15.9 Å². The second-order valence-electron chi connectivity index (χ2n) is 7.21. The van der Waals surface area contributed by atoms with Crippen LogP contribution in [0.4, 0.5) is 17.6 Å². The van der Waals surface area contributed by atoms with Crippen molar-refractivity contribution in [1.29, 1.82) is 0 Å². The second-order valence-corrected chi connectivity index (χ2v) is 8.02. The van der Waals surface area contributed by atoms with Crippen LogP contribution in [0.2, 0.25) is 10.0 Å². The molecule has 1 aromatic carbocycles. The van der Waals surface area contributed by atoms with Gasteiger partial charge in [-0.25, -0.2) is 4.79 Å². The number of carboxylic acids is 1. The first-order valence-electron chi connectivity index (χ1n) is 9.84. The minimum atomic E-state index is -1.09. The lowest BCUT2D eigenvalue weighted by atomic mass is 10.1. The zero-order chi connectivity index (χ0) is 24.8. The molecule has 0 aliphatic heterocycles. The molecule has 13 heteroatoms. The number of benzene rings is 1. The highest BCUT2D eigenvalue weighted by atomic mass is 35.5. The van der Waals surface area contributed by atoms with Gasteiger partial charge in [0, 0.05) is 38.6 Å². The Morgan fingerprint density at radius 1 is 1.09 bits per heavy atom. The van der Waals surface area contributed by atoms with E-state index in [-0.39, 0.29) is 34.0 Å². The van der Waals surface area contributed by atoms with E-state index in [1.54, 1.807) is 43.3 Å². The smallest absolute Gasteiger partial charge is 0.326 e. The summed E-state index contributed by atoms with van der Waals surface area (Å²) >= 11 is 12.0. The van der Waals surface area contributed by atoms with Crippen molar-refractivity contribution >= 4 is 52.7 Å². The van der Waals surface area contributed by atoms with Crippen LogP contribution < -0.4 is 20.3 Å². The van der Waals surface area contributed by atoms with Gasteiger partial charge in [-0.3, -0.25) is 9.78 Å². The van der Waals surface area contributed by atoms with Gasteiger partial charge >= 0.3 is 12.0 Å². The minimum Gasteiger partial charge on any atom is -0.480 e. The molecule has 0 saturated heterocycles. The highest BCUT2D eigenvalue weighted by Crippen LogP contribution is 2.24. The highest BCUT2D eigenvalue weighted by Gasteiger charge is 2.21. The number of aliphatic carboxylic acids is 1. The Bertz CT molecular complexity index is 1170. The largest absolute Gasteiger partial charge is 0.480 e. The van der Waals surface area contributed by atoms with Crippen molar-refractivity contribution in [3.8, 4) is 6.01 Å². The summed E-state index contributed by atoms with van der Waals surface area (Å²) in [5.41, 5.74) is 1.30. The number of carbonyl (C=O) groups excluding carboxylic acids is 1. The highest BCUT2D eigenvalue weighted by molar-refractivity contribution is 6.40. The second kappa shape index (κ2) is 10.9. The molecule has 3 aromatic rings. The molecule has 2 heterocycles. The Balaban J connectivity index is 1.72. The van der Waals surface area contributed by atoms with Crippen LogP contribution in [-0.4, -0.2) is 64.2 Å². The molecule has 1 amide bonds. The van der Waals surface area contributed by atoms with Crippen molar-refractivity contribution in [2.75, 3.05) is 36.7 Å². The third-order valence-electron chi connectivity index (χ3n) is 4.52. The number of halogens is 2. The Morgan fingerprint density at radius 3 is 2.29 bits per heavy atom. The van der Waals surface area contributed by atoms with Gasteiger partial charge in [-0.1, -0.05) is 35.3 Å². The van der Waals surface area contributed by atoms with Crippen LogP contribution in [0.5, 0.6) is 6.01 Å². The molecule has 2 aromatic heterocycles. The van der Waals surface area contributed by atoms with E-state index in [2.05, 4.69) is 30.6 Å². The van der Waals surface area contributed by atoms with Crippen molar-refractivity contribution < 1.29 is 19.4 Å². The summed E-state index contributed by atoms with van der Waals surface area (Å²) in [6, 6.07) is 5.71. The number of carbonyl (C=O) groups is 2. The number of nitrogens with one attached hydrogen (secondary N) is 2. The van der Waals surface area contributed by atoms with Gasteiger partial charge in [0.25, 0.3) is 5.91 Å². The van der Waals surface area contributed by atoms with Crippen LogP contribution in [-0.2, 0) is 11.2 Å². The number of anilines is 3. The number of hydrogen-bond acceptors (Lipinski definition) is 9. The SMILES string of the molecule is COc1nc(N[C@@H](Cc2ccc(NC(=O)c3c(Cl)cncc3Cl)cc2)C(=O)O)nc(N(C)C)n1. The average Bonchev–Trinajstić information content (AvgIpc) is 2.79. The first-order chi connectivity index (χ1) is 16.2. The summed E-state index contributed by atoms with van der Waals surface area (Å²) < 4.78 is 5.07. The van der Waals surface area contributed by atoms with Crippen LogP contribution in [0.15, 0.2) is 36.7 Å². The summed E-state index contributed by atoms with van der Waals surface area (Å²) in [7, 11) is 4.89. The summed E-state index contributed by atoms with van der Waals surface area (Å²) in [5, 5.41) is 15.5. The number of hydrogen-bond donors (Lipinski definition) is 3. The predicted octanol–water partition coefficient (Wildman–Crippen LogP) is 3.01. The Hall–Kier alpha value is -3.70. The molecule has 178 valence electrons. The van der Waals surface area contributed by atoms with E-state index in [1.807, 2.05) is 0 Å². The fourth-order valence-electron chi connectivity index (χ4n) is 2.84. The van der Waals surface area contributed by atoms with Crippen LogP contribution in [0, 0.1) is 0 Å². The third-order valence-corrected chi connectivity index (χ3v) is 5.09. The standard InChI is InChI=1S/C21H21Cl2N7O4/c1-30(2)20-27-19(28-21(29-20)34-3)26-15(18(32)33)8-11-4-6-12(7-5-11)25-17(31)16-13(22)9-24-10-14(16)23/h4-7,9-10,15H,8H2,1-3H3,(H,25,31)(H,32,33)(H,26,27,28,29)/t15-/m0/s1. The number of aromatic nitrogens is 4. The van der Waals surface area contributed by atoms with Gasteiger partial charge in [0.05, 0.1) is 22.7 Å². The number of carboxylic acid groups (broad SMARTS) is 1. The van der Waals surface area contributed by atoms with E-state index in [4.69, 9.17) is 27.9 Å². The Labute approximate surface area is 205 Å². The Kier molecular flexibility index (Phi) is 8.03. The Morgan fingerprint density at radius 2 is 1.74 bits per heavy atom. The minimum absolute atomic E-state index is 0.0554. The normalized spacial score (nSPS) is 11.4. The maximum atomic E-state index is 12.5. The zero-order valence-electron chi connectivity index (χ0n) is 18.4. The van der Waals surface area contributed by atoms with Crippen LogP contribution >= 0.6 is 23.2 Å². The third kappa shape index (κ3) is 6.21. The molecular weight excluding hydrogens is 485 g/mol. The topological polar surface area (TPSA) is 142 Å². The van der Waals surface area contributed by atoms with Gasteiger partial charge in [0.15, 0.2) is 0 Å². The van der Waals surface area contributed by atoms with Crippen molar-refractivity contribution in [1.82, 2.24) is 19.9 Å². The number of nitrogens with zero attached hydrogens (tertiary/aromatic N) is 5. The van der Waals surface area contributed by atoms with Gasteiger partial charge < -0.3 is 25.4 Å². The molecule has 34 heavy (non-hydrogen) atoms. The molecule has 0 spiro atoms. The fourth-order valence-corrected chi connectivity index (χ4v) is 3.38. The number of methoxy groups -OCH3 is 1. The zero-order valence-corrected chi connectivity index (χ0v) is 19.9. The summed E-state index contributed by atoms with van der Waals surface area (Å²) in [6.07, 6.45) is 2.78. The van der Waals surface area contributed by atoms with Crippen molar-refractivity contribution in [3.05, 3.63) is 57.8 Å². The van der Waals surface area contributed by atoms with E-state index in [9.17, 15) is 14.7 Å². The van der Waals surface area contributed by atoms with Crippen molar-refractivity contribution in [3.63, 3.8) is 0 Å². The molecule has 0 radical (unpaired) electrons. The maximum Gasteiger partial charge on any atom is 0.326 e. The van der Waals surface area contributed by atoms with Crippen molar-refractivity contribution in [2.24, 2.45) is 0 Å². The van der Waals surface area contributed by atoms with E-state index < -0.39 is 17.9 Å². The molecule has 1 atom stereocenters. The molecule has 0 aliphatic carbocycles. The van der Waals surface area contributed by atoms with Gasteiger partial charge in [-0.15, -0.1) is 0 Å². The molecule has 3 N–H and O–H groups in total. The number of ether oxygens (including phenoxy) is 1. The average molecular weight is 506 g/mol. The molecular formula is C21H21Cl2N7O4. The van der Waals surface area contributed by atoms with E-state index in [1.165, 1.54) is 19.5 Å². The lowest BCUT2D eigenvalue weighted by Gasteiger charge is -2.17. The molecule has 0 bridgehead atoms. The predicted molar refractivity (Wildman–Crippen MR) is 128 cm³/mol. The van der Waals surface area contributed by atoms with Gasteiger partial charge in [-0.2, -0.15) is 15.0 Å². The summed E-state index contributed by atoms with van der Waals surface area (Å²) in [4.78, 5) is 42.2. The quantitative estimate of drug-likeness (QED) is 0.396. The van der Waals surface area contributed by atoms with Crippen molar-refractivity contribution in [2.45, 2.75) is 12.5 Å². The molecule has 3 rings (SSSR count). The van der Waals surface area contributed by atoms with Gasteiger partial charge in [0.1, 0.15) is 6.04 Å². The monoisotopic (exact) mass is 505 g/mol. The lowest BCUT2D eigenvalue weighted by molar-refractivity contribution is -0.137. The molecule has 0 saturated carbocycles. The van der Waals surface area contributed by atoms with Crippen LogP contribution in [0.3, 0.4) is 0 Å². The van der Waals surface area contributed by atoms with Crippen LogP contribution in [0.25, 0.3) is 0 Å². The summed E-state index contributed by atoms with van der Waals surface area (Å²) in [5.74, 6) is -1.20. The number of amides is 1.